The van der Waals surface area contributed by atoms with Gasteiger partial charge in [0, 0.05) is 44.8 Å². The van der Waals surface area contributed by atoms with Gasteiger partial charge in [-0.3, -0.25) is 9.69 Å². The fourth-order valence-corrected chi connectivity index (χ4v) is 3.41. The Kier molecular flexibility index (Phi) is 6.53. The minimum absolute atomic E-state index is 0.0623. The molecule has 0 bridgehead atoms. The molecule has 1 aliphatic heterocycles. The van der Waals surface area contributed by atoms with E-state index in [1.54, 1.807) is 37.4 Å². The summed E-state index contributed by atoms with van der Waals surface area (Å²) in [6.45, 7) is 3.76. The standard InChI is InChI=1S/C20H23ClFN3O2/c1-27-19-7-6-15(14-16(19)21)23-20(26)8-9-24-10-12-25(13-11-24)18-5-3-2-4-17(18)22/h2-7,14H,8-13H2,1H3,(H,23,26). The summed E-state index contributed by atoms with van der Waals surface area (Å²) in [5.41, 5.74) is 1.29. The molecule has 2 aromatic rings. The van der Waals surface area contributed by atoms with Crippen LogP contribution in [0.2, 0.25) is 5.02 Å². The first-order chi connectivity index (χ1) is 13.1. The highest BCUT2D eigenvalue weighted by molar-refractivity contribution is 6.32. The summed E-state index contributed by atoms with van der Waals surface area (Å²) in [5, 5.41) is 3.31. The summed E-state index contributed by atoms with van der Waals surface area (Å²) in [6, 6.07) is 12.0. The second-order valence-electron chi connectivity index (χ2n) is 6.43. The van der Waals surface area contributed by atoms with Crippen molar-refractivity contribution in [2.75, 3.05) is 50.1 Å². The number of carbonyl (C=O) groups is 1. The van der Waals surface area contributed by atoms with Crippen LogP contribution < -0.4 is 15.0 Å². The molecule has 1 saturated heterocycles. The van der Waals surface area contributed by atoms with Gasteiger partial charge in [-0.2, -0.15) is 0 Å². The zero-order valence-electron chi connectivity index (χ0n) is 15.3. The summed E-state index contributed by atoms with van der Waals surface area (Å²) in [5.74, 6) is 0.318. The van der Waals surface area contributed by atoms with E-state index >= 15 is 0 Å². The number of methoxy groups -OCH3 is 1. The molecule has 27 heavy (non-hydrogen) atoms. The Labute approximate surface area is 163 Å². The fraction of sp³-hybridized carbons (Fsp3) is 0.350. The van der Waals surface area contributed by atoms with E-state index in [0.29, 0.717) is 35.1 Å². The van der Waals surface area contributed by atoms with Gasteiger partial charge in [-0.25, -0.2) is 4.39 Å². The second kappa shape index (κ2) is 9.06. The molecule has 1 heterocycles. The maximum atomic E-state index is 13.9. The average Bonchev–Trinajstić information content (AvgIpc) is 2.67. The smallest absolute Gasteiger partial charge is 0.225 e. The first-order valence-corrected chi connectivity index (χ1v) is 9.30. The Bertz CT molecular complexity index is 795. The first kappa shape index (κ1) is 19.5. The van der Waals surface area contributed by atoms with E-state index in [1.165, 1.54) is 6.07 Å². The zero-order valence-corrected chi connectivity index (χ0v) is 16.0. The van der Waals surface area contributed by atoms with E-state index in [4.69, 9.17) is 16.3 Å². The minimum Gasteiger partial charge on any atom is -0.495 e. The second-order valence-corrected chi connectivity index (χ2v) is 6.83. The normalized spacial score (nSPS) is 14.9. The molecule has 144 valence electrons. The highest BCUT2D eigenvalue weighted by Crippen LogP contribution is 2.27. The maximum absolute atomic E-state index is 13.9. The molecule has 2 aromatic carbocycles. The van der Waals surface area contributed by atoms with Crippen molar-refractivity contribution in [3.63, 3.8) is 0 Å². The van der Waals surface area contributed by atoms with Crippen molar-refractivity contribution in [1.82, 2.24) is 4.90 Å². The Hall–Kier alpha value is -2.31. The van der Waals surface area contributed by atoms with Crippen LogP contribution in [-0.4, -0.2) is 50.6 Å². The monoisotopic (exact) mass is 391 g/mol. The van der Waals surface area contributed by atoms with Crippen LogP contribution in [0.25, 0.3) is 0 Å². The number of ether oxygens (including phenoxy) is 1. The molecule has 0 radical (unpaired) electrons. The molecule has 7 heteroatoms. The van der Waals surface area contributed by atoms with Gasteiger partial charge in [0.2, 0.25) is 5.91 Å². The molecule has 3 rings (SSSR count). The molecule has 0 aromatic heterocycles. The van der Waals surface area contributed by atoms with Gasteiger partial charge < -0.3 is 15.0 Å². The first-order valence-electron chi connectivity index (χ1n) is 8.92. The molecule has 0 saturated carbocycles. The Morgan fingerprint density at radius 3 is 2.59 bits per heavy atom. The molecule has 1 amide bonds. The molecule has 5 nitrogen and oxygen atoms in total. The molecule has 1 fully saturated rings. The van der Waals surface area contributed by atoms with Gasteiger partial charge >= 0.3 is 0 Å². The summed E-state index contributed by atoms with van der Waals surface area (Å²) in [4.78, 5) is 16.4. The predicted octanol–water partition coefficient (Wildman–Crippen LogP) is 3.64. The van der Waals surface area contributed by atoms with E-state index in [2.05, 4.69) is 10.2 Å². The van der Waals surface area contributed by atoms with Crippen molar-refractivity contribution in [2.45, 2.75) is 6.42 Å². The van der Waals surface area contributed by atoms with Crippen LogP contribution in [0, 0.1) is 5.82 Å². The van der Waals surface area contributed by atoms with Crippen LogP contribution in [0.15, 0.2) is 42.5 Å². The molecule has 0 atom stereocenters. The van der Waals surface area contributed by atoms with Gasteiger partial charge in [0.15, 0.2) is 0 Å². The van der Waals surface area contributed by atoms with Gasteiger partial charge in [0.05, 0.1) is 17.8 Å². The number of para-hydroxylation sites is 1. The lowest BCUT2D eigenvalue weighted by atomic mass is 10.2. The number of hydrogen-bond donors (Lipinski definition) is 1. The van der Waals surface area contributed by atoms with Crippen molar-refractivity contribution < 1.29 is 13.9 Å². The summed E-state index contributed by atoms with van der Waals surface area (Å²) < 4.78 is 19.0. The van der Waals surface area contributed by atoms with E-state index < -0.39 is 0 Å². The largest absolute Gasteiger partial charge is 0.495 e. The van der Waals surface area contributed by atoms with Gasteiger partial charge in [0.25, 0.3) is 0 Å². The summed E-state index contributed by atoms with van der Waals surface area (Å²) in [6.07, 6.45) is 0.392. The van der Waals surface area contributed by atoms with E-state index in [9.17, 15) is 9.18 Å². The number of nitrogens with zero attached hydrogens (tertiary/aromatic N) is 2. The SMILES string of the molecule is COc1ccc(NC(=O)CCN2CCN(c3ccccc3F)CC2)cc1Cl. The molecular weight excluding hydrogens is 369 g/mol. The molecule has 1 aliphatic rings. The van der Waals surface area contributed by atoms with Crippen molar-refractivity contribution in [3.8, 4) is 5.75 Å². The Balaban J connectivity index is 1.44. The molecule has 1 N–H and O–H groups in total. The zero-order chi connectivity index (χ0) is 19.2. The van der Waals surface area contributed by atoms with E-state index in [0.717, 1.165) is 26.2 Å². The average molecular weight is 392 g/mol. The third-order valence-electron chi connectivity index (χ3n) is 4.66. The summed E-state index contributed by atoms with van der Waals surface area (Å²) >= 11 is 6.07. The minimum atomic E-state index is -0.191. The van der Waals surface area contributed by atoms with Gasteiger partial charge in [-0.15, -0.1) is 0 Å². The molecular formula is C20H23ClFN3O2. The molecule has 0 unspecified atom stereocenters. The highest BCUT2D eigenvalue weighted by atomic mass is 35.5. The van der Waals surface area contributed by atoms with Crippen LogP contribution in [0.3, 0.4) is 0 Å². The lowest BCUT2D eigenvalue weighted by Gasteiger charge is -2.36. The van der Waals surface area contributed by atoms with Crippen LogP contribution in [-0.2, 0) is 4.79 Å². The lowest BCUT2D eigenvalue weighted by Crippen LogP contribution is -2.47. The number of amides is 1. The van der Waals surface area contributed by atoms with Gasteiger partial charge in [-0.05, 0) is 30.3 Å². The number of anilines is 2. The fourth-order valence-electron chi connectivity index (χ4n) is 3.15. The van der Waals surface area contributed by atoms with Crippen molar-refractivity contribution in [2.24, 2.45) is 0 Å². The van der Waals surface area contributed by atoms with Gasteiger partial charge in [-0.1, -0.05) is 23.7 Å². The number of benzene rings is 2. The van der Waals surface area contributed by atoms with E-state index in [1.807, 2.05) is 11.0 Å². The number of nitrogens with one attached hydrogen (secondary N) is 1. The van der Waals surface area contributed by atoms with Crippen LogP contribution in [0.4, 0.5) is 15.8 Å². The Morgan fingerprint density at radius 2 is 1.93 bits per heavy atom. The van der Waals surface area contributed by atoms with E-state index in [-0.39, 0.29) is 11.7 Å². The third kappa shape index (κ3) is 5.11. The lowest BCUT2D eigenvalue weighted by molar-refractivity contribution is -0.116. The highest BCUT2D eigenvalue weighted by Gasteiger charge is 2.19. The molecule has 0 spiro atoms. The van der Waals surface area contributed by atoms with Crippen LogP contribution in [0.1, 0.15) is 6.42 Å². The van der Waals surface area contributed by atoms with Crippen molar-refractivity contribution >= 4 is 28.9 Å². The topological polar surface area (TPSA) is 44.8 Å². The van der Waals surface area contributed by atoms with Crippen LogP contribution in [0.5, 0.6) is 5.75 Å². The van der Waals surface area contributed by atoms with Gasteiger partial charge in [0.1, 0.15) is 11.6 Å². The number of carbonyl (C=O) groups excluding carboxylic acids is 1. The third-order valence-corrected chi connectivity index (χ3v) is 4.95. The quantitative estimate of drug-likeness (QED) is 0.816. The summed E-state index contributed by atoms with van der Waals surface area (Å²) in [7, 11) is 1.55. The number of halogens is 2. The maximum Gasteiger partial charge on any atom is 0.225 e. The van der Waals surface area contributed by atoms with Crippen LogP contribution >= 0.6 is 11.6 Å². The van der Waals surface area contributed by atoms with Crippen molar-refractivity contribution in [3.05, 3.63) is 53.3 Å². The number of piperazine rings is 1. The molecule has 0 aliphatic carbocycles. The predicted molar refractivity (Wildman–Crippen MR) is 106 cm³/mol. The van der Waals surface area contributed by atoms with Crippen molar-refractivity contribution in [1.29, 1.82) is 0 Å². The Morgan fingerprint density at radius 1 is 1.19 bits per heavy atom. The number of hydrogen-bond acceptors (Lipinski definition) is 4. The number of rotatable bonds is 6.